The third-order valence-electron chi connectivity index (χ3n) is 5.94. The maximum atomic E-state index is 14.0. The van der Waals surface area contributed by atoms with Crippen LogP contribution in [0.5, 0.6) is 0 Å². The number of nitrogens with one attached hydrogen (secondary N) is 1. The Kier molecular flexibility index (Phi) is 5.35. The standard InChI is InChI=1S/C21H29FN2O2/c1-21(2,3)15-8-10-16(11-9-15)23-20(26)14-12-19(25)24(13-14)18-7-5-4-6-17(18)22/h4-7,14-16H,8-13H2,1-3H3,(H,23,26)/t14-,15?,16?/m1/s1. The van der Waals surface area contributed by atoms with Gasteiger partial charge in [0.25, 0.3) is 0 Å². The van der Waals surface area contributed by atoms with Gasteiger partial charge in [0, 0.05) is 19.0 Å². The van der Waals surface area contributed by atoms with Crippen molar-refractivity contribution in [1.82, 2.24) is 5.32 Å². The minimum absolute atomic E-state index is 0.0728. The number of nitrogens with zero attached hydrogens (tertiary/aromatic N) is 1. The van der Waals surface area contributed by atoms with Crippen LogP contribution in [0.1, 0.15) is 52.9 Å². The van der Waals surface area contributed by atoms with Gasteiger partial charge in [-0.1, -0.05) is 32.9 Å². The van der Waals surface area contributed by atoms with E-state index in [9.17, 15) is 14.0 Å². The Hall–Kier alpha value is -1.91. The molecular formula is C21H29FN2O2. The monoisotopic (exact) mass is 360 g/mol. The van der Waals surface area contributed by atoms with E-state index in [-0.39, 0.29) is 36.5 Å². The number of anilines is 1. The molecule has 1 aliphatic carbocycles. The summed E-state index contributed by atoms with van der Waals surface area (Å²) in [7, 11) is 0. The summed E-state index contributed by atoms with van der Waals surface area (Å²) in [6.07, 6.45) is 4.38. The highest BCUT2D eigenvalue weighted by Gasteiger charge is 2.37. The smallest absolute Gasteiger partial charge is 0.227 e. The van der Waals surface area contributed by atoms with Crippen LogP contribution >= 0.6 is 0 Å². The second kappa shape index (κ2) is 7.37. The highest BCUT2D eigenvalue weighted by Crippen LogP contribution is 2.38. The van der Waals surface area contributed by atoms with Crippen LogP contribution in [0.25, 0.3) is 0 Å². The number of para-hydroxylation sites is 1. The molecule has 0 radical (unpaired) electrons. The van der Waals surface area contributed by atoms with Crippen LogP contribution in [0.4, 0.5) is 10.1 Å². The first kappa shape index (κ1) is 18.9. The normalized spacial score (nSPS) is 26.8. The molecule has 1 heterocycles. The van der Waals surface area contributed by atoms with Crippen molar-refractivity contribution in [3.05, 3.63) is 30.1 Å². The summed E-state index contributed by atoms with van der Waals surface area (Å²) in [6, 6.07) is 6.41. The fourth-order valence-corrected chi connectivity index (χ4v) is 4.21. The van der Waals surface area contributed by atoms with Crippen molar-refractivity contribution in [1.29, 1.82) is 0 Å². The lowest BCUT2D eigenvalue weighted by atomic mass is 9.71. The summed E-state index contributed by atoms with van der Waals surface area (Å²) in [5, 5.41) is 3.13. The molecule has 3 rings (SSSR count). The number of amides is 2. The van der Waals surface area contributed by atoms with Gasteiger partial charge in [0.1, 0.15) is 5.82 Å². The highest BCUT2D eigenvalue weighted by atomic mass is 19.1. The molecule has 1 aromatic rings. The fourth-order valence-electron chi connectivity index (χ4n) is 4.21. The molecule has 1 saturated carbocycles. The van der Waals surface area contributed by atoms with E-state index in [1.165, 1.54) is 11.0 Å². The van der Waals surface area contributed by atoms with Crippen LogP contribution in [-0.2, 0) is 9.59 Å². The average molecular weight is 360 g/mol. The van der Waals surface area contributed by atoms with Gasteiger partial charge in [-0.3, -0.25) is 9.59 Å². The van der Waals surface area contributed by atoms with Gasteiger partial charge in [0.05, 0.1) is 11.6 Å². The molecule has 2 amide bonds. The largest absolute Gasteiger partial charge is 0.353 e. The lowest BCUT2D eigenvalue weighted by Crippen LogP contribution is -2.42. The molecule has 4 nitrogen and oxygen atoms in total. The van der Waals surface area contributed by atoms with Crippen LogP contribution in [0.2, 0.25) is 0 Å². The van der Waals surface area contributed by atoms with Crippen molar-refractivity contribution >= 4 is 17.5 Å². The molecule has 1 aromatic carbocycles. The van der Waals surface area contributed by atoms with Crippen LogP contribution in [0.3, 0.4) is 0 Å². The van der Waals surface area contributed by atoms with Gasteiger partial charge in [0.15, 0.2) is 0 Å². The van der Waals surface area contributed by atoms with E-state index in [0.29, 0.717) is 11.3 Å². The Morgan fingerprint density at radius 3 is 2.42 bits per heavy atom. The Morgan fingerprint density at radius 2 is 1.81 bits per heavy atom. The number of hydrogen-bond donors (Lipinski definition) is 1. The molecular weight excluding hydrogens is 331 g/mol. The van der Waals surface area contributed by atoms with E-state index in [1.54, 1.807) is 18.2 Å². The van der Waals surface area contributed by atoms with E-state index in [1.807, 2.05) is 0 Å². The lowest BCUT2D eigenvalue weighted by molar-refractivity contribution is -0.127. The molecule has 0 aromatic heterocycles. The van der Waals surface area contributed by atoms with E-state index >= 15 is 0 Å². The van der Waals surface area contributed by atoms with Crippen molar-refractivity contribution in [2.24, 2.45) is 17.3 Å². The predicted octanol–water partition coefficient (Wildman–Crippen LogP) is 3.90. The Labute approximate surface area is 155 Å². The highest BCUT2D eigenvalue weighted by molar-refractivity contribution is 6.00. The minimum Gasteiger partial charge on any atom is -0.353 e. The number of carbonyl (C=O) groups excluding carboxylic acids is 2. The lowest BCUT2D eigenvalue weighted by Gasteiger charge is -2.37. The van der Waals surface area contributed by atoms with Crippen molar-refractivity contribution < 1.29 is 14.0 Å². The number of hydrogen-bond acceptors (Lipinski definition) is 2. The molecule has 2 fully saturated rings. The Bertz CT molecular complexity index is 675. The average Bonchev–Trinajstić information content (AvgIpc) is 2.97. The molecule has 2 aliphatic rings. The van der Waals surface area contributed by atoms with Crippen LogP contribution in [0, 0.1) is 23.1 Å². The third kappa shape index (κ3) is 4.08. The molecule has 26 heavy (non-hydrogen) atoms. The van der Waals surface area contributed by atoms with Crippen molar-refractivity contribution in [3.8, 4) is 0 Å². The van der Waals surface area contributed by atoms with Crippen molar-refractivity contribution in [2.75, 3.05) is 11.4 Å². The molecule has 5 heteroatoms. The summed E-state index contributed by atoms with van der Waals surface area (Å²) in [6.45, 7) is 7.08. The summed E-state index contributed by atoms with van der Waals surface area (Å²) in [4.78, 5) is 26.3. The van der Waals surface area contributed by atoms with Crippen molar-refractivity contribution in [3.63, 3.8) is 0 Å². The molecule has 1 saturated heterocycles. The zero-order chi connectivity index (χ0) is 18.9. The van der Waals surface area contributed by atoms with Crippen molar-refractivity contribution in [2.45, 2.75) is 58.9 Å². The van der Waals surface area contributed by atoms with E-state index in [4.69, 9.17) is 0 Å². The first-order valence-corrected chi connectivity index (χ1v) is 9.61. The number of carbonyl (C=O) groups is 2. The molecule has 1 N–H and O–H groups in total. The Morgan fingerprint density at radius 1 is 1.15 bits per heavy atom. The van der Waals surface area contributed by atoms with Crippen LogP contribution < -0.4 is 10.2 Å². The second-order valence-electron chi connectivity index (χ2n) is 8.78. The van der Waals surface area contributed by atoms with Gasteiger partial charge in [-0.15, -0.1) is 0 Å². The SMILES string of the molecule is CC(C)(C)C1CCC(NC(=O)[C@@H]2CC(=O)N(c3ccccc3F)C2)CC1. The minimum atomic E-state index is -0.428. The maximum Gasteiger partial charge on any atom is 0.227 e. The quantitative estimate of drug-likeness (QED) is 0.889. The summed E-state index contributed by atoms with van der Waals surface area (Å²) in [5.41, 5.74) is 0.575. The summed E-state index contributed by atoms with van der Waals surface area (Å²) in [5.74, 6) is -0.395. The first-order valence-electron chi connectivity index (χ1n) is 9.61. The number of rotatable bonds is 3. The van der Waals surface area contributed by atoms with E-state index in [0.717, 1.165) is 25.7 Å². The molecule has 1 aliphatic heterocycles. The van der Waals surface area contributed by atoms with Crippen LogP contribution in [0.15, 0.2) is 24.3 Å². The van der Waals surface area contributed by atoms with Gasteiger partial charge in [0.2, 0.25) is 11.8 Å². The second-order valence-corrected chi connectivity index (χ2v) is 8.78. The molecule has 0 bridgehead atoms. The number of halogens is 1. The number of benzene rings is 1. The topological polar surface area (TPSA) is 49.4 Å². The zero-order valence-corrected chi connectivity index (χ0v) is 15.9. The summed E-state index contributed by atoms with van der Waals surface area (Å²) >= 11 is 0. The van der Waals surface area contributed by atoms with E-state index in [2.05, 4.69) is 26.1 Å². The van der Waals surface area contributed by atoms with Gasteiger partial charge in [-0.05, 0) is 49.1 Å². The van der Waals surface area contributed by atoms with Crippen LogP contribution in [-0.4, -0.2) is 24.4 Å². The van der Waals surface area contributed by atoms with Gasteiger partial charge >= 0.3 is 0 Å². The predicted molar refractivity (Wildman–Crippen MR) is 100 cm³/mol. The van der Waals surface area contributed by atoms with Gasteiger partial charge in [-0.2, -0.15) is 0 Å². The molecule has 0 unspecified atom stereocenters. The molecule has 0 spiro atoms. The first-order chi connectivity index (χ1) is 12.3. The molecule has 142 valence electrons. The molecule has 1 atom stereocenters. The van der Waals surface area contributed by atoms with Gasteiger partial charge < -0.3 is 10.2 Å². The maximum absolute atomic E-state index is 14.0. The zero-order valence-electron chi connectivity index (χ0n) is 15.9. The summed E-state index contributed by atoms with van der Waals surface area (Å²) < 4.78 is 14.0. The van der Waals surface area contributed by atoms with Gasteiger partial charge in [-0.25, -0.2) is 4.39 Å². The van der Waals surface area contributed by atoms with E-state index < -0.39 is 11.7 Å². The third-order valence-corrected chi connectivity index (χ3v) is 5.94. The Balaban J connectivity index is 1.55. The fraction of sp³-hybridized carbons (Fsp3) is 0.619.